The maximum atomic E-state index is 13.8. The van der Waals surface area contributed by atoms with Crippen LogP contribution in [0.2, 0.25) is 0 Å². The zero-order chi connectivity index (χ0) is 41.8. The summed E-state index contributed by atoms with van der Waals surface area (Å²) in [4.78, 5) is 58.3. The molecule has 0 spiro atoms. The first kappa shape index (κ1) is 47.8. The Labute approximate surface area is 340 Å². The summed E-state index contributed by atoms with van der Waals surface area (Å²) in [5.41, 5.74) is 3.48. The summed E-state index contributed by atoms with van der Waals surface area (Å²) in [6, 6.07) is 6.01. The Bertz CT molecular complexity index is 1530. The van der Waals surface area contributed by atoms with Crippen molar-refractivity contribution in [2.24, 2.45) is 5.41 Å². The van der Waals surface area contributed by atoms with E-state index in [9.17, 15) is 24.3 Å². The second-order valence-electron chi connectivity index (χ2n) is 15.6. The van der Waals surface area contributed by atoms with Crippen LogP contribution in [0.4, 0.5) is 0 Å². The molecule has 2 aromatic rings. The van der Waals surface area contributed by atoms with Gasteiger partial charge in [-0.15, -0.1) is 11.3 Å². The molecule has 3 rings (SSSR count). The number of nitrogens with zero attached hydrogens (tertiary/aromatic N) is 2. The molecule has 1 aliphatic rings. The van der Waals surface area contributed by atoms with Gasteiger partial charge in [-0.3, -0.25) is 14.4 Å². The molecule has 57 heavy (non-hydrogen) atoms. The van der Waals surface area contributed by atoms with Gasteiger partial charge in [0.15, 0.2) is 0 Å². The van der Waals surface area contributed by atoms with Crippen molar-refractivity contribution in [3.05, 3.63) is 41.0 Å². The van der Waals surface area contributed by atoms with Crippen LogP contribution >= 0.6 is 11.3 Å². The Kier molecular flexibility index (Phi) is 20.5. The number of nitrogens with one attached hydrogen (secondary N) is 2. The van der Waals surface area contributed by atoms with E-state index in [1.807, 2.05) is 57.5 Å². The van der Waals surface area contributed by atoms with Crippen LogP contribution in [0.3, 0.4) is 0 Å². The standard InChI is InChI=1S/C40H62N4O12S/c1-28-35(57-27-42-28)30-10-8-29(9-11-30)23-41-37(48)32-22-31(45)24-44(32)38(49)36(39(2,3)4)43-33(46)25-54-20-18-52-16-14-50-12-13-51-15-17-53-19-21-55-26-34(47)56-40(5,6)7/h8-11,27,31-32,36,45H,12-26H2,1-7H3,(H,41,48)(H,43,46)/t31-,32+,36+/m0/s1. The molecule has 1 aromatic heterocycles. The van der Waals surface area contributed by atoms with E-state index in [-0.39, 0.29) is 58.5 Å². The van der Waals surface area contributed by atoms with Crippen LogP contribution in [-0.4, -0.2) is 148 Å². The molecule has 0 unspecified atom stereocenters. The normalized spacial score (nSPS) is 16.4. The molecule has 2 heterocycles. The third-order valence-corrected chi connectivity index (χ3v) is 9.42. The number of aryl methyl sites for hydroxylation is 1. The largest absolute Gasteiger partial charge is 0.458 e. The average Bonchev–Trinajstić information content (AvgIpc) is 3.76. The third-order valence-electron chi connectivity index (χ3n) is 8.44. The van der Waals surface area contributed by atoms with E-state index >= 15 is 0 Å². The number of aliphatic hydroxyl groups is 1. The van der Waals surface area contributed by atoms with Crippen molar-refractivity contribution in [2.45, 2.75) is 85.2 Å². The van der Waals surface area contributed by atoms with Gasteiger partial charge in [0.2, 0.25) is 17.7 Å². The molecule has 320 valence electrons. The lowest BCUT2D eigenvalue weighted by molar-refractivity contribution is -0.160. The van der Waals surface area contributed by atoms with Crippen molar-refractivity contribution in [3.63, 3.8) is 0 Å². The fourth-order valence-corrected chi connectivity index (χ4v) is 6.48. The summed E-state index contributed by atoms with van der Waals surface area (Å²) in [6.07, 6.45) is -0.769. The summed E-state index contributed by atoms with van der Waals surface area (Å²) in [7, 11) is 0. The number of amides is 3. The van der Waals surface area contributed by atoms with Gasteiger partial charge in [-0.25, -0.2) is 9.78 Å². The number of likely N-dealkylation sites (tertiary alicyclic amines) is 1. The van der Waals surface area contributed by atoms with E-state index in [1.54, 1.807) is 32.1 Å². The molecule has 3 N–H and O–H groups in total. The highest BCUT2D eigenvalue weighted by atomic mass is 32.1. The lowest BCUT2D eigenvalue weighted by Gasteiger charge is -2.35. The first-order valence-corrected chi connectivity index (χ1v) is 20.2. The third kappa shape index (κ3) is 18.3. The van der Waals surface area contributed by atoms with Gasteiger partial charge < -0.3 is 53.8 Å². The molecule has 3 amide bonds. The van der Waals surface area contributed by atoms with Gasteiger partial charge in [0, 0.05) is 19.5 Å². The lowest BCUT2D eigenvalue weighted by atomic mass is 9.85. The number of benzene rings is 1. The second-order valence-corrected chi connectivity index (χ2v) is 16.4. The van der Waals surface area contributed by atoms with Crippen LogP contribution < -0.4 is 10.6 Å². The summed E-state index contributed by atoms with van der Waals surface area (Å²) in [6.45, 7) is 15.9. The summed E-state index contributed by atoms with van der Waals surface area (Å²) < 4.78 is 37.7. The van der Waals surface area contributed by atoms with E-state index < -0.39 is 47.0 Å². The minimum Gasteiger partial charge on any atom is -0.458 e. The van der Waals surface area contributed by atoms with Gasteiger partial charge in [0.05, 0.1) is 88.3 Å². The number of hydrogen-bond acceptors (Lipinski definition) is 14. The van der Waals surface area contributed by atoms with Crippen molar-refractivity contribution >= 4 is 35.0 Å². The minimum absolute atomic E-state index is 0.0149. The predicted octanol–water partition coefficient (Wildman–Crippen LogP) is 2.67. The Morgan fingerprint density at radius 1 is 0.825 bits per heavy atom. The number of aliphatic hydroxyl groups excluding tert-OH is 1. The molecule has 1 fully saturated rings. The van der Waals surface area contributed by atoms with Crippen LogP contribution in [0.15, 0.2) is 29.8 Å². The highest BCUT2D eigenvalue weighted by Gasteiger charge is 2.44. The van der Waals surface area contributed by atoms with Gasteiger partial charge in [-0.05, 0) is 44.2 Å². The SMILES string of the molecule is Cc1ncsc1-c1ccc(CNC(=O)[C@H]2C[C@H](O)CN2C(=O)[C@@H](NC(=O)COCCOCCOCCOCCOCCOCC(=O)OC(C)(C)C)C(C)(C)C)cc1. The number of hydrogen-bond donors (Lipinski definition) is 3. The smallest absolute Gasteiger partial charge is 0.332 e. The first-order valence-electron chi connectivity index (χ1n) is 19.3. The molecule has 1 aliphatic heterocycles. The molecule has 1 saturated heterocycles. The fourth-order valence-electron chi connectivity index (χ4n) is 5.67. The number of aromatic nitrogens is 1. The first-order chi connectivity index (χ1) is 27.0. The maximum absolute atomic E-state index is 13.8. The fraction of sp³-hybridized carbons (Fsp3) is 0.675. The quantitative estimate of drug-likeness (QED) is 0.0979. The second kappa shape index (κ2) is 24.4. The lowest BCUT2D eigenvalue weighted by Crippen LogP contribution is -2.58. The molecule has 0 bridgehead atoms. The highest BCUT2D eigenvalue weighted by molar-refractivity contribution is 7.13. The Morgan fingerprint density at radius 3 is 1.84 bits per heavy atom. The van der Waals surface area contributed by atoms with E-state index in [0.29, 0.717) is 46.2 Å². The average molecular weight is 823 g/mol. The van der Waals surface area contributed by atoms with Crippen LogP contribution in [0.25, 0.3) is 10.4 Å². The van der Waals surface area contributed by atoms with Crippen LogP contribution in [0.1, 0.15) is 59.2 Å². The van der Waals surface area contributed by atoms with Gasteiger partial charge in [0.25, 0.3) is 0 Å². The Balaban J connectivity index is 1.25. The van der Waals surface area contributed by atoms with Crippen LogP contribution in [-0.2, 0) is 58.9 Å². The van der Waals surface area contributed by atoms with Gasteiger partial charge in [-0.1, -0.05) is 45.0 Å². The van der Waals surface area contributed by atoms with E-state index in [4.69, 9.17) is 33.2 Å². The predicted molar refractivity (Wildman–Crippen MR) is 212 cm³/mol. The minimum atomic E-state index is -0.960. The van der Waals surface area contributed by atoms with Crippen LogP contribution in [0, 0.1) is 12.3 Å². The molecule has 0 saturated carbocycles. The topological polar surface area (TPSA) is 193 Å². The molecule has 1 aromatic carbocycles. The molecule has 3 atom stereocenters. The summed E-state index contributed by atoms with van der Waals surface area (Å²) in [5.74, 6) is -1.72. The van der Waals surface area contributed by atoms with Gasteiger partial charge in [-0.2, -0.15) is 0 Å². The number of β-amino-alcohol motifs (C(OH)–C–C–N with tert-alkyl or cyclic N) is 1. The number of ether oxygens (including phenoxy) is 7. The maximum Gasteiger partial charge on any atom is 0.332 e. The summed E-state index contributed by atoms with van der Waals surface area (Å²) in [5, 5.41) is 16.2. The summed E-state index contributed by atoms with van der Waals surface area (Å²) >= 11 is 1.57. The number of carbonyl (C=O) groups is 4. The number of thiazole rings is 1. The molecule has 0 aliphatic carbocycles. The van der Waals surface area contributed by atoms with Crippen molar-refractivity contribution in [1.29, 1.82) is 0 Å². The molecular weight excluding hydrogens is 761 g/mol. The molecule has 0 radical (unpaired) electrons. The number of esters is 1. The molecule has 17 heteroatoms. The number of carbonyl (C=O) groups excluding carboxylic acids is 4. The van der Waals surface area contributed by atoms with Crippen molar-refractivity contribution in [2.75, 3.05) is 85.8 Å². The van der Waals surface area contributed by atoms with E-state index in [1.165, 1.54) is 4.90 Å². The van der Waals surface area contributed by atoms with Crippen molar-refractivity contribution in [1.82, 2.24) is 20.5 Å². The van der Waals surface area contributed by atoms with Crippen LogP contribution in [0.5, 0.6) is 0 Å². The Morgan fingerprint density at radius 2 is 1.35 bits per heavy atom. The van der Waals surface area contributed by atoms with E-state index in [2.05, 4.69) is 15.6 Å². The van der Waals surface area contributed by atoms with Crippen molar-refractivity contribution < 1.29 is 57.4 Å². The zero-order valence-corrected chi connectivity index (χ0v) is 35.3. The molecular formula is C40H62N4O12S. The van der Waals surface area contributed by atoms with Crippen molar-refractivity contribution in [3.8, 4) is 10.4 Å². The number of rotatable bonds is 25. The zero-order valence-electron chi connectivity index (χ0n) is 34.5. The monoisotopic (exact) mass is 822 g/mol. The van der Waals surface area contributed by atoms with Gasteiger partial charge >= 0.3 is 5.97 Å². The Hall–Kier alpha value is -3.55. The molecule has 16 nitrogen and oxygen atoms in total. The van der Waals surface area contributed by atoms with E-state index in [0.717, 1.165) is 21.7 Å². The van der Waals surface area contributed by atoms with Gasteiger partial charge in [0.1, 0.15) is 30.9 Å². The highest BCUT2D eigenvalue weighted by Crippen LogP contribution is 2.28.